The van der Waals surface area contributed by atoms with Gasteiger partial charge in [-0.05, 0) is 44.2 Å². The number of nitrogens with one attached hydrogen (secondary N) is 1. The van der Waals surface area contributed by atoms with Crippen LogP contribution in [0.5, 0.6) is 5.75 Å². The summed E-state index contributed by atoms with van der Waals surface area (Å²) in [4.78, 5) is 23.2. The molecule has 150 valence electrons. The molecule has 0 aliphatic heterocycles. The molecule has 3 rings (SSSR count). The Balaban J connectivity index is 1.85. The lowest BCUT2D eigenvalue weighted by molar-refractivity contribution is -0.384. The van der Waals surface area contributed by atoms with Crippen molar-refractivity contribution in [2.45, 2.75) is 19.9 Å². The molecule has 0 saturated carbocycles. The van der Waals surface area contributed by atoms with E-state index in [0.717, 1.165) is 11.3 Å². The van der Waals surface area contributed by atoms with Crippen LogP contribution in [0.1, 0.15) is 34.6 Å². The van der Waals surface area contributed by atoms with E-state index in [1.807, 2.05) is 6.92 Å². The number of nitrogens with zero attached hydrogens (tertiary/aromatic N) is 3. The smallest absolute Gasteiger partial charge is 0.270 e. The zero-order valence-corrected chi connectivity index (χ0v) is 16.0. The number of nitro groups is 1. The molecule has 0 saturated heterocycles. The molecule has 9 heteroatoms. The van der Waals surface area contributed by atoms with E-state index < -0.39 is 16.9 Å². The Morgan fingerprint density at radius 2 is 1.97 bits per heavy atom. The van der Waals surface area contributed by atoms with E-state index >= 15 is 0 Å². The Morgan fingerprint density at radius 3 is 2.59 bits per heavy atom. The normalized spacial score (nSPS) is 11.7. The number of benzene rings is 2. The van der Waals surface area contributed by atoms with E-state index in [1.54, 1.807) is 29.9 Å². The van der Waals surface area contributed by atoms with Crippen molar-refractivity contribution in [1.29, 1.82) is 0 Å². The van der Waals surface area contributed by atoms with Crippen molar-refractivity contribution in [2.24, 2.45) is 0 Å². The second kappa shape index (κ2) is 8.09. The van der Waals surface area contributed by atoms with Crippen LogP contribution in [0.2, 0.25) is 0 Å². The van der Waals surface area contributed by atoms with Gasteiger partial charge in [-0.15, -0.1) is 0 Å². The third kappa shape index (κ3) is 4.08. The number of hydrogen-bond acceptors (Lipinski definition) is 5. The molecule has 1 N–H and O–H groups in total. The maximum Gasteiger partial charge on any atom is 0.270 e. The highest BCUT2D eigenvalue weighted by atomic mass is 19.1. The summed E-state index contributed by atoms with van der Waals surface area (Å²) < 4.78 is 19.9. The number of nitro benzene ring substituents is 1. The molecular weight excluding hydrogens is 379 g/mol. The maximum absolute atomic E-state index is 13.2. The number of rotatable bonds is 6. The average Bonchev–Trinajstić information content (AvgIpc) is 3.09. The summed E-state index contributed by atoms with van der Waals surface area (Å²) in [6.07, 6.45) is 1.62. The Hall–Kier alpha value is -3.75. The Kier molecular flexibility index (Phi) is 5.58. The van der Waals surface area contributed by atoms with Gasteiger partial charge < -0.3 is 10.1 Å². The van der Waals surface area contributed by atoms with E-state index in [9.17, 15) is 19.3 Å². The monoisotopic (exact) mass is 398 g/mol. The van der Waals surface area contributed by atoms with Gasteiger partial charge in [-0.25, -0.2) is 9.07 Å². The Bertz CT molecular complexity index is 1060. The van der Waals surface area contributed by atoms with Gasteiger partial charge in [-0.1, -0.05) is 0 Å². The molecule has 8 nitrogen and oxygen atoms in total. The molecule has 2 aromatic carbocycles. The first-order valence-electron chi connectivity index (χ1n) is 8.75. The van der Waals surface area contributed by atoms with E-state index in [1.165, 1.54) is 37.4 Å². The summed E-state index contributed by atoms with van der Waals surface area (Å²) in [7, 11) is 1.39. The van der Waals surface area contributed by atoms with E-state index in [2.05, 4.69) is 10.4 Å². The van der Waals surface area contributed by atoms with Gasteiger partial charge >= 0.3 is 0 Å². The minimum absolute atomic E-state index is 0.0668. The second-order valence-corrected chi connectivity index (χ2v) is 6.41. The number of carbonyl (C=O) groups excluding carboxylic acids is 1. The molecular formula is C20H19FN4O4. The van der Waals surface area contributed by atoms with Crippen LogP contribution in [0, 0.1) is 22.9 Å². The summed E-state index contributed by atoms with van der Waals surface area (Å²) in [5, 5.41) is 18.2. The summed E-state index contributed by atoms with van der Waals surface area (Å²) in [5.74, 6) is -0.615. The third-order valence-corrected chi connectivity index (χ3v) is 4.57. The van der Waals surface area contributed by atoms with Crippen molar-refractivity contribution in [3.63, 3.8) is 0 Å². The van der Waals surface area contributed by atoms with Gasteiger partial charge in [0, 0.05) is 23.4 Å². The predicted octanol–water partition coefficient (Wildman–Crippen LogP) is 3.73. The summed E-state index contributed by atoms with van der Waals surface area (Å²) in [5.41, 5.74) is 2.08. The van der Waals surface area contributed by atoms with Crippen molar-refractivity contribution in [3.05, 3.63) is 81.4 Å². The molecule has 0 radical (unpaired) electrons. The third-order valence-electron chi connectivity index (χ3n) is 4.57. The van der Waals surface area contributed by atoms with Crippen molar-refractivity contribution in [1.82, 2.24) is 15.1 Å². The van der Waals surface area contributed by atoms with Crippen molar-refractivity contribution in [2.75, 3.05) is 7.11 Å². The fraction of sp³-hybridized carbons (Fsp3) is 0.200. The van der Waals surface area contributed by atoms with Gasteiger partial charge in [0.05, 0.1) is 35.5 Å². The number of halogens is 1. The molecule has 1 atom stereocenters. The molecule has 0 bridgehead atoms. The van der Waals surface area contributed by atoms with Crippen LogP contribution in [0.25, 0.3) is 5.69 Å². The van der Waals surface area contributed by atoms with E-state index in [4.69, 9.17) is 4.74 Å². The van der Waals surface area contributed by atoms with Crippen LogP contribution in [0.15, 0.2) is 48.7 Å². The van der Waals surface area contributed by atoms with Crippen LogP contribution in [-0.4, -0.2) is 27.7 Å². The standard InChI is InChI=1S/C20H19FN4O4/c1-12(18-11-22-24(13(18)2)15-6-4-14(21)5-7-15)23-20(26)17-10-16(25(27)28)8-9-19(17)29-3/h4-12H,1-3H3,(H,23,26). The first-order valence-corrected chi connectivity index (χ1v) is 8.75. The molecule has 1 aromatic heterocycles. The first-order chi connectivity index (χ1) is 13.8. The number of amides is 1. The van der Waals surface area contributed by atoms with Gasteiger partial charge in [-0.2, -0.15) is 5.10 Å². The fourth-order valence-corrected chi connectivity index (χ4v) is 3.03. The number of carbonyl (C=O) groups is 1. The zero-order valence-electron chi connectivity index (χ0n) is 16.0. The Morgan fingerprint density at radius 1 is 1.28 bits per heavy atom. The maximum atomic E-state index is 13.2. The molecule has 1 unspecified atom stereocenters. The van der Waals surface area contributed by atoms with Gasteiger partial charge in [0.25, 0.3) is 11.6 Å². The van der Waals surface area contributed by atoms with Crippen molar-refractivity contribution in [3.8, 4) is 11.4 Å². The number of ether oxygens (including phenoxy) is 1. The lowest BCUT2D eigenvalue weighted by atomic mass is 10.1. The molecule has 3 aromatic rings. The summed E-state index contributed by atoms with van der Waals surface area (Å²) >= 11 is 0. The second-order valence-electron chi connectivity index (χ2n) is 6.41. The lowest BCUT2D eigenvalue weighted by Gasteiger charge is -2.15. The van der Waals surface area contributed by atoms with Crippen LogP contribution in [-0.2, 0) is 0 Å². The zero-order chi connectivity index (χ0) is 21.1. The van der Waals surface area contributed by atoms with Crippen molar-refractivity contribution < 1.29 is 18.8 Å². The fourth-order valence-electron chi connectivity index (χ4n) is 3.03. The topological polar surface area (TPSA) is 99.3 Å². The van der Waals surface area contributed by atoms with E-state index in [-0.39, 0.29) is 22.8 Å². The molecule has 1 heterocycles. The quantitative estimate of drug-likeness (QED) is 0.504. The van der Waals surface area contributed by atoms with Gasteiger partial charge in [0.15, 0.2) is 0 Å². The largest absolute Gasteiger partial charge is 0.496 e. The first kappa shape index (κ1) is 20.0. The highest BCUT2D eigenvalue weighted by Crippen LogP contribution is 2.26. The van der Waals surface area contributed by atoms with Gasteiger partial charge in [-0.3, -0.25) is 14.9 Å². The van der Waals surface area contributed by atoms with E-state index in [0.29, 0.717) is 5.69 Å². The number of non-ortho nitro benzene ring substituents is 1. The summed E-state index contributed by atoms with van der Waals surface area (Å²) in [6, 6.07) is 9.31. The molecule has 1 amide bonds. The average molecular weight is 398 g/mol. The highest BCUT2D eigenvalue weighted by Gasteiger charge is 2.21. The molecule has 0 aliphatic rings. The molecule has 0 aliphatic carbocycles. The van der Waals surface area contributed by atoms with Gasteiger partial charge in [0.2, 0.25) is 0 Å². The predicted molar refractivity (Wildman–Crippen MR) is 104 cm³/mol. The van der Waals surface area contributed by atoms with Crippen LogP contribution < -0.4 is 10.1 Å². The SMILES string of the molecule is COc1ccc([N+](=O)[O-])cc1C(=O)NC(C)c1cnn(-c2ccc(F)cc2)c1C. The van der Waals surface area contributed by atoms with Crippen LogP contribution in [0.4, 0.5) is 10.1 Å². The van der Waals surface area contributed by atoms with Gasteiger partial charge in [0.1, 0.15) is 11.6 Å². The molecule has 0 spiro atoms. The number of methoxy groups -OCH3 is 1. The van der Waals surface area contributed by atoms with Crippen LogP contribution >= 0.6 is 0 Å². The highest BCUT2D eigenvalue weighted by molar-refractivity contribution is 5.97. The summed E-state index contributed by atoms with van der Waals surface area (Å²) in [6.45, 7) is 3.61. The minimum atomic E-state index is -0.573. The number of aromatic nitrogens is 2. The molecule has 0 fully saturated rings. The minimum Gasteiger partial charge on any atom is -0.496 e. The lowest BCUT2D eigenvalue weighted by Crippen LogP contribution is -2.27. The van der Waals surface area contributed by atoms with Crippen molar-refractivity contribution >= 4 is 11.6 Å². The Labute approximate surface area is 166 Å². The number of hydrogen-bond donors (Lipinski definition) is 1. The molecule has 29 heavy (non-hydrogen) atoms. The van der Waals surface area contributed by atoms with Crippen LogP contribution in [0.3, 0.4) is 0 Å².